The molecule has 3 aliphatic rings. The summed E-state index contributed by atoms with van der Waals surface area (Å²) in [5.74, 6) is -2.18. The average Bonchev–Trinajstić information content (AvgIpc) is 3.00. The van der Waals surface area contributed by atoms with Crippen LogP contribution in [0.3, 0.4) is 0 Å². The van der Waals surface area contributed by atoms with E-state index in [2.05, 4.69) is 6.07 Å². The number of aryl methyl sites for hydroxylation is 2. The molecule has 2 fully saturated rings. The molecule has 0 radical (unpaired) electrons. The van der Waals surface area contributed by atoms with Gasteiger partial charge >= 0.3 is 0 Å². The summed E-state index contributed by atoms with van der Waals surface area (Å²) < 4.78 is 31.3. The van der Waals surface area contributed by atoms with Gasteiger partial charge in [-0.1, -0.05) is 29.3 Å². The summed E-state index contributed by atoms with van der Waals surface area (Å²) in [5, 5.41) is 0. The number of nitrogens with zero attached hydrogens (tertiary/aromatic N) is 1. The normalized spacial score (nSPS) is 31.8. The van der Waals surface area contributed by atoms with Crippen LogP contribution in [-0.4, -0.2) is 41.6 Å². The van der Waals surface area contributed by atoms with E-state index in [0.29, 0.717) is 13.0 Å². The highest BCUT2D eigenvalue weighted by molar-refractivity contribution is 6.08. The lowest BCUT2D eigenvalue weighted by Gasteiger charge is -2.32. The molecular weight excluding hydrogens is 341 g/mol. The first-order valence-electron chi connectivity index (χ1n) is 8.63. The van der Waals surface area contributed by atoms with Gasteiger partial charge in [-0.15, -0.1) is 0 Å². The number of carbonyl (C=O) groups excluding carboxylic acids is 2. The van der Waals surface area contributed by atoms with Crippen LogP contribution in [0.4, 0.5) is 4.39 Å². The molecule has 3 heterocycles. The van der Waals surface area contributed by atoms with E-state index in [4.69, 9.17) is 14.2 Å². The number of hydrogen-bond acceptors (Lipinski definition) is 5. The van der Waals surface area contributed by atoms with E-state index in [1.165, 1.54) is 0 Å². The molecule has 6 nitrogen and oxygen atoms in total. The van der Waals surface area contributed by atoms with E-state index in [0.717, 1.165) is 27.8 Å². The summed E-state index contributed by atoms with van der Waals surface area (Å²) in [5.41, 5.74) is 3.19. The predicted molar refractivity (Wildman–Crippen MR) is 88.4 cm³/mol. The van der Waals surface area contributed by atoms with E-state index < -0.39 is 36.5 Å². The van der Waals surface area contributed by atoms with Gasteiger partial charge in [0.1, 0.15) is 12.3 Å². The summed E-state index contributed by atoms with van der Waals surface area (Å²) in [6.45, 7) is 4.36. The minimum Gasteiger partial charge on any atom is -0.349 e. The summed E-state index contributed by atoms with van der Waals surface area (Å²) in [7, 11) is 0. The molecule has 4 atom stereocenters. The summed E-state index contributed by atoms with van der Waals surface area (Å²) in [6.07, 6.45) is -0.885. The van der Waals surface area contributed by atoms with Gasteiger partial charge in [0.25, 0.3) is 0 Å². The Morgan fingerprint density at radius 3 is 2.54 bits per heavy atom. The van der Waals surface area contributed by atoms with Gasteiger partial charge in [-0.3, -0.25) is 14.5 Å². The number of carbonyl (C=O) groups is 2. The van der Waals surface area contributed by atoms with Crippen LogP contribution in [0.2, 0.25) is 0 Å². The van der Waals surface area contributed by atoms with Gasteiger partial charge in [-0.25, -0.2) is 4.39 Å². The molecule has 0 saturated carbocycles. The number of rotatable bonds is 2. The number of halogens is 1. The maximum absolute atomic E-state index is 13.6. The van der Waals surface area contributed by atoms with Crippen molar-refractivity contribution in [2.45, 2.75) is 51.4 Å². The summed E-state index contributed by atoms with van der Waals surface area (Å²) in [6, 6.07) is 6.11. The number of hydrogen-bond donors (Lipinski definition) is 0. The van der Waals surface area contributed by atoms with Crippen LogP contribution >= 0.6 is 0 Å². The molecule has 0 aromatic heterocycles. The number of ketones is 1. The van der Waals surface area contributed by atoms with Crippen LogP contribution in [0, 0.1) is 13.8 Å². The largest absolute Gasteiger partial charge is 0.349 e. The Morgan fingerprint density at radius 1 is 1.08 bits per heavy atom. The van der Waals surface area contributed by atoms with Gasteiger partial charge in [-0.2, -0.15) is 0 Å². The third kappa shape index (κ3) is 3.18. The molecule has 1 aromatic rings. The number of Topliss-reactive ketones (excluding diaryl/α,β-unsaturated/α-hetero) is 1. The second-order valence-electron chi connectivity index (χ2n) is 7.00. The van der Waals surface area contributed by atoms with Gasteiger partial charge < -0.3 is 14.2 Å². The van der Waals surface area contributed by atoms with Gasteiger partial charge in [0.2, 0.25) is 11.7 Å². The highest BCUT2D eigenvalue weighted by atomic mass is 19.1. The number of ether oxygens (including phenoxy) is 3. The van der Waals surface area contributed by atoms with Crippen molar-refractivity contribution in [1.29, 1.82) is 0 Å². The Bertz CT molecular complexity index is 772. The van der Waals surface area contributed by atoms with Gasteiger partial charge in [0.05, 0.1) is 19.1 Å². The molecule has 1 amide bonds. The zero-order valence-corrected chi connectivity index (χ0v) is 14.6. The predicted octanol–water partition coefficient (Wildman–Crippen LogP) is 2.44. The molecule has 0 aliphatic carbocycles. The van der Waals surface area contributed by atoms with Crippen molar-refractivity contribution < 1.29 is 28.2 Å². The van der Waals surface area contributed by atoms with Crippen LogP contribution in [0.25, 0.3) is 0 Å². The molecular formula is C19H20FNO5. The molecule has 0 N–H and O–H groups in total. The maximum atomic E-state index is 13.6. The number of allylic oxidation sites excluding steroid dienone is 1. The molecule has 0 bridgehead atoms. The first kappa shape index (κ1) is 17.3. The standard InChI is InChI=1S/C19H20FNO5/c1-10-3-11(2)5-12(4-10)19-24-9-16-15(26-19)7-18(25-16)21-8-13(20)14(22)6-17(21)23/h3-5,8,15-16,18-19H,6-7,9H2,1-2H3/t15-,16+,18+,19?/m0/s1. The van der Waals surface area contributed by atoms with Crippen molar-refractivity contribution in [3.05, 3.63) is 46.9 Å². The fourth-order valence-electron chi connectivity index (χ4n) is 3.69. The van der Waals surface area contributed by atoms with Gasteiger partial charge in [-0.05, 0) is 13.8 Å². The minimum absolute atomic E-state index is 0.263. The van der Waals surface area contributed by atoms with Crippen molar-refractivity contribution in [3.8, 4) is 0 Å². The fraction of sp³-hybridized carbons (Fsp3) is 0.474. The smallest absolute Gasteiger partial charge is 0.236 e. The van der Waals surface area contributed by atoms with E-state index in [-0.39, 0.29) is 12.2 Å². The van der Waals surface area contributed by atoms with Crippen LogP contribution in [-0.2, 0) is 23.8 Å². The van der Waals surface area contributed by atoms with Crippen molar-refractivity contribution in [2.24, 2.45) is 0 Å². The van der Waals surface area contributed by atoms with Crippen molar-refractivity contribution >= 4 is 11.7 Å². The van der Waals surface area contributed by atoms with Gasteiger partial charge in [0, 0.05) is 18.2 Å². The zero-order valence-electron chi connectivity index (χ0n) is 14.6. The van der Waals surface area contributed by atoms with E-state index in [1.54, 1.807) is 0 Å². The first-order chi connectivity index (χ1) is 12.4. The molecule has 2 saturated heterocycles. The topological polar surface area (TPSA) is 65.1 Å². The summed E-state index contributed by atoms with van der Waals surface area (Å²) in [4.78, 5) is 24.5. The molecule has 26 heavy (non-hydrogen) atoms. The molecule has 4 rings (SSSR count). The molecule has 1 unspecified atom stereocenters. The van der Waals surface area contributed by atoms with Crippen LogP contribution < -0.4 is 0 Å². The van der Waals surface area contributed by atoms with Crippen molar-refractivity contribution in [1.82, 2.24) is 4.90 Å². The highest BCUT2D eigenvalue weighted by Gasteiger charge is 2.45. The Kier molecular flexibility index (Phi) is 4.38. The number of fused-ring (bicyclic) bond motifs is 1. The second kappa shape index (κ2) is 6.57. The van der Waals surface area contributed by atoms with Gasteiger partial charge in [0.15, 0.2) is 12.1 Å². The number of benzene rings is 1. The minimum atomic E-state index is -0.923. The number of amides is 1. The Labute approximate surface area is 150 Å². The molecule has 1 aromatic carbocycles. The lowest BCUT2D eigenvalue weighted by atomic mass is 10.1. The molecule has 3 aliphatic heterocycles. The van der Waals surface area contributed by atoms with Crippen molar-refractivity contribution in [3.63, 3.8) is 0 Å². The molecule has 0 spiro atoms. The average molecular weight is 361 g/mol. The van der Waals surface area contributed by atoms with Crippen LogP contribution in [0.1, 0.15) is 35.8 Å². The lowest BCUT2D eigenvalue weighted by molar-refractivity contribution is -0.246. The Hall–Kier alpha value is -2.09. The molecule has 138 valence electrons. The van der Waals surface area contributed by atoms with Crippen molar-refractivity contribution in [2.75, 3.05) is 6.61 Å². The second-order valence-corrected chi connectivity index (χ2v) is 7.00. The SMILES string of the molecule is Cc1cc(C)cc(C2OC[C@H]3O[C@@H](N4C=C(F)C(=O)CC4=O)C[C@@H]3O2)c1. The van der Waals surface area contributed by atoms with Crippen LogP contribution in [0.15, 0.2) is 30.2 Å². The van der Waals surface area contributed by atoms with E-state index in [1.807, 2.05) is 26.0 Å². The van der Waals surface area contributed by atoms with Crippen LogP contribution in [0.5, 0.6) is 0 Å². The Balaban J connectivity index is 1.48. The Morgan fingerprint density at radius 2 is 1.81 bits per heavy atom. The zero-order chi connectivity index (χ0) is 18.4. The fourth-order valence-corrected chi connectivity index (χ4v) is 3.69. The third-order valence-corrected chi connectivity index (χ3v) is 4.84. The lowest BCUT2D eigenvalue weighted by Crippen LogP contribution is -2.40. The first-order valence-corrected chi connectivity index (χ1v) is 8.63. The quantitative estimate of drug-likeness (QED) is 0.757. The van der Waals surface area contributed by atoms with E-state index in [9.17, 15) is 14.0 Å². The highest BCUT2D eigenvalue weighted by Crippen LogP contribution is 2.37. The summed E-state index contributed by atoms with van der Waals surface area (Å²) >= 11 is 0. The molecule has 7 heteroatoms. The van der Waals surface area contributed by atoms with E-state index >= 15 is 0 Å². The maximum Gasteiger partial charge on any atom is 0.236 e. The third-order valence-electron chi connectivity index (χ3n) is 4.84. The monoisotopic (exact) mass is 361 g/mol.